The molecule has 39 heavy (non-hydrogen) atoms. The zero-order valence-electron chi connectivity index (χ0n) is 22.9. The Labute approximate surface area is 228 Å². The van der Waals surface area contributed by atoms with Crippen LogP contribution in [-0.2, 0) is 4.79 Å². The van der Waals surface area contributed by atoms with Crippen LogP contribution in [0.5, 0.6) is 17.2 Å². The number of aryl methyl sites for hydroxylation is 1. The van der Waals surface area contributed by atoms with E-state index in [1.54, 1.807) is 19.1 Å². The van der Waals surface area contributed by atoms with Crippen molar-refractivity contribution in [1.29, 1.82) is 0 Å². The molecule has 2 unspecified atom stereocenters. The van der Waals surface area contributed by atoms with Gasteiger partial charge >= 0.3 is 0 Å². The first-order valence-corrected chi connectivity index (χ1v) is 13.2. The molecule has 2 aromatic carbocycles. The van der Waals surface area contributed by atoms with Gasteiger partial charge in [-0.05, 0) is 68.2 Å². The number of nitrogens with zero attached hydrogens (tertiary/aromatic N) is 2. The Bertz CT molecular complexity index is 1350. The van der Waals surface area contributed by atoms with E-state index in [1.165, 1.54) is 19.2 Å². The summed E-state index contributed by atoms with van der Waals surface area (Å²) in [5.41, 5.74) is 2.21. The van der Waals surface area contributed by atoms with Crippen molar-refractivity contribution in [3.63, 3.8) is 0 Å². The lowest BCUT2D eigenvalue weighted by Gasteiger charge is -2.29. The summed E-state index contributed by atoms with van der Waals surface area (Å²) in [5.74, 6) is -1.11. The fraction of sp³-hybridized carbons (Fsp3) is 0.400. The van der Waals surface area contributed by atoms with Crippen molar-refractivity contribution in [2.75, 3.05) is 45.7 Å². The highest BCUT2D eigenvalue weighted by Gasteiger charge is 2.28. The van der Waals surface area contributed by atoms with Crippen molar-refractivity contribution in [3.05, 3.63) is 81.4 Å². The van der Waals surface area contributed by atoms with Crippen molar-refractivity contribution in [2.24, 2.45) is 0 Å². The number of rotatable bonds is 10. The molecule has 9 heteroatoms. The number of amides is 1. The summed E-state index contributed by atoms with van der Waals surface area (Å²) in [7, 11) is 5.43. The lowest BCUT2D eigenvalue weighted by atomic mass is 9.91. The van der Waals surface area contributed by atoms with Crippen molar-refractivity contribution >= 4 is 11.6 Å². The van der Waals surface area contributed by atoms with Gasteiger partial charge in [-0.25, -0.2) is 0 Å². The summed E-state index contributed by atoms with van der Waals surface area (Å²) in [6.07, 6.45) is 2.16. The molecule has 1 aliphatic heterocycles. The largest absolute Gasteiger partial charge is 0.504 e. The molecular formula is C30H37N3O6. The average Bonchev–Trinajstić information content (AvgIpc) is 3.45. The van der Waals surface area contributed by atoms with Gasteiger partial charge in [0.1, 0.15) is 5.76 Å². The zero-order chi connectivity index (χ0) is 28.1. The molecule has 9 nitrogen and oxygen atoms in total. The maximum absolute atomic E-state index is 13.4. The molecule has 3 N–H and O–H groups in total. The minimum Gasteiger partial charge on any atom is -0.504 e. The molecule has 0 spiro atoms. The van der Waals surface area contributed by atoms with Gasteiger partial charge in [0.05, 0.1) is 19.1 Å². The number of methoxy groups -OCH3 is 1. The Morgan fingerprint density at radius 3 is 2.38 bits per heavy atom. The van der Waals surface area contributed by atoms with Gasteiger partial charge in [0.2, 0.25) is 17.1 Å². The van der Waals surface area contributed by atoms with Crippen LogP contribution >= 0.6 is 0 Å². The second-order valence-electron chi connectivity index (χ2n) is 10.2. The molecule has 3 aromatic rings. The number of likely N-dealkylation sites (tertiary alicyclic amines) is 1. The van der Waals surface area contributed by atoms with Gasteiger partial charge in [-0.2, -0.15) is 0 Å². The summed E-state index contributed by atoms with van der Waals surface area (Å²) in [6.45, 7) is 3.96. The Morgan fingerprint density at radius 1 is 1.08 bits per heavy atom. The van der Waals surface area contributed by atoms with E-state index in [9.17, 15) is 19.8 Å². The second kappa shape index (κ2) is 12.3. The predicted octanol–water partition coefficient (Wildman–Crippen LogP) is 3.91. The summed E-state index contributed by atoms with van der Waals surface area (Å²) in [5, 5.41) is 23.8. The third-order valence-electron chi connectivity index (χ3n) is 7.25. The van der Waals surface area contributed by atoms with Gasteiger partial charge in [0.15, 0.2) is 17.3 Å². The molecule has 208 valence electrons. The minimum atomic E-state index is -0.781. The molecule has 0 bridgehead atoms. The van der Waals surface area contributed by atoms with Crippen LogP contribution in [0.15, 0.2) is 57.7 Å². The van der Waals surface area contributed by atoms with Crippen LogP contribution in [0.25, 0.3) is 0 Å². The molecule has 2 atom stereocenters. The Kier molecular flexibility index (Phi) is 8.81. The summed E-state index contributed by atoms with van der Waals surface area (Å²) in [4.78, 5) is 30.2. The number of hydrogen-bond donors (Lipinski definition) is 3. The van der Waals surface area contributed by atoms with Crippen LogP contribution in [0.1, 0.15) is 53.9 Å². The average molecular weight is 536 g/mol. The first-order chi connectivity index (χ1) is 18.7. The standard InChI is InChI=1S/C30H37N3O6/c1-19-15-26(35)29(37)30(39-19)23(21-9-12-25(34)27(16-21)38-4)17-28(36)31-18-24(33-13-5-6-14-33)20-7-10-22(11-8-20)32(2)3/h7-12,15-16,23-24,34,37H,5-6,13-14,17-18H2,1-4H3,(H,31,36). The third-order valence-corrected chi connectivity index (χ3v) is 7.25. The number of carbonyl (C=O) groups is 1. The molecule has 1 fully saturated rings. The highest BCUT2D eigenvalue weighted by Crippen LogP contribution is 2.37. The topological polar surface area (TPSA) is 115 Å². The SMILES string of the molecule is COc1cc(C(CC(=O)NCC(c2ccc(N(C)C)cc2)N2CCCC2)c2oc(C)cc(=O)c2O)ccc1O. The Balaban J connectivity index is 1.59. The lowest BCUT2D eigenvalue weighted by molar-refractivity contribution is -0.121. The van der Waals surface area contributed by atoms with Crippen LogP contribution in [-0.4, -0.2) is 61.9 Å². The van der Waals surface area contributed by atoms with Crippen molar-refractivity contribution in [3.8, 4) is 17.2 Å². The van der Waals surface area contributed by atoms with E-state index in [0.29, 0.717) is 17.9 Å². The number of phenolic OH excluding ortho intramolecular Hbond substituents is 1. The van der Waals surface area contributed by atoms with E-state index >= 15 is 0 Å². The van der Waals surface area contributed by atoms with Crippen molar-refractivity contribution < 1.29 is 24.2 Å². The Hall–Kier alpha value is -3.98. The van der Waals surface area contributed by atoms with Crippen LogP contribution in [0.3, 0.4) is 0 Å². The predicted molar refractivity (Wildman–Crippen MR) is 150 cm³/mol. The van der Waals surface area contributed by atoms with E-state index in [0.717, 1.165) is 37.2 Å². The first-order valence-electron chi connectivity index (χ1n) is 13.2. The highest BCUT2D eigenvalue weighted by atomic mass is 16.5. The number of anilines is 1. The van der Waals surface area contributed by atoms with Gasteiger partial charge in [0, 0.05) is 38.8 Å². The lowest BCUT2D eigenvalue weighted by Crippen LogP contribution is -2.37. The van der Waals surface area contributed by atoms with Crippen molar-refractivity contribution in [2.45, 2.75) is 38.1 Å². The van der Waals surface area contributed by atoms with Crippen LogP contribution in [0, 0.1) is 6.92 Å². The second-order valence-corrected chi connectivity index (χ2v) is 10.2. The van der Waals surface area contributed by atoms with E-state index in [2.05, 4.69) is 34.5 Å². The van der Waals surface area contributed by atoms with Crippen molar-refractivity contribution in [1.82, 2.24) is 10.2 Å². The summed E-state index contributed by atoms with van der Waals surface area (Å²) in [6, 6.07) is 14.2. The Morgan fingerprint density at radius 2 is 1.74 bits per heavy atom. The molecule has 1 amide bonds. The number of phenols is 1. The fourth-order valence-corrected chi connectivity index (χ4v) is 5.11. The van der Waals surface area contributed by atoms with E-state index in [1.807, 2.05) is 19.0 Å². The molecule has 1 aliphatic rings. The minimum absolute atomic E-state index is 0.00161. The zero-order valence-corrected chi connectivity index (χ0v) is 22.9. The number of ether oxygens (including phenoxy) is 1. The maximum atomic E-state index is 13.4. The molecular weight excluding hydrogens is 498 g/mol. The molecule has 0 aliphatic carbocycles. The van der Waals surface area contributed by atoms with E-state index < -0.39 is 17.1 Å². The number of hydrogen-bond acceptors (Lipinski definition) is 8. The monoisotopic (exact) mass is 535 g/mol. The number of carbonyl (C=O) groups excluding carboxylic acids is 1. The molecule has 4 rings (SSSR count). The molecule has 2 heterocycles. The van der Waals surface area contributed by atoms with Gasteiger partial charge in [-0.1, -0.05) is 18.2 Å². The van der Waals surface area contributed by atoms with Crippen LogP contribution < -0.4 is 20.4 Å². The van der Waals surface area contributed by atoms with E-state index in [4.69, 9.17) is 9.15 Å². The van der Waals surface area contributed by atoms with Crippen LogP contribution in [0.2, 0.25) is 0 Å². The first kappa shape index (κ1) is 28.0. The highest BCUT2D eigenvalue weighted by molar-refractivity contribution is 5.77. The van der Waals surface area contributed by atoms with Gasteiger partial charge in [-0.15, -0.1) is 0 Å². The molecule has 0 radical (unpaired) electrons. The molecule has 0 saturated carbocycles. The molecule has 1 saturated heterocycles. The summed E-state index contributed by atoms with van der Waals surface area (Å²) >= 11 is 0. The van der Waals surface area contributed by atoms with Gasteiger partial charge < -0.3 is 29.6 Å². The third kappa shape index (κ3) is 6.54. The smallest absolute Gasteiger partial charge is 0.227 e. The number of aromatic hydroxyl groups is 2. The number of benzene rings is 2. The van der Waals surface area contributed by atoms with Gasteiger partial charge in [-0.3, -0.25) is 14.5 Å². The van der Waals surface area contributed by atoms with Gasteiger partial charge in [0.25, 0.3) is 0 Å². The van der Waals surface area contributed by atoms with Crippen LogP contribution in [0.4, 0.5) is 5.69 Å². The quantitative estimate of drug-likeness (QED) is 0.358. The fourth-order valence-electron chi connectivity index (χ4n) is 5.11. The molecule has 1 aromatic heterocycles. The normalized spacial score (nSPS) is 15.1. The van der Waals surface area contributed by atoms with E-state index in [-0.39, 0.29) is 35.6 Å². The number of nitrogens with one attached hydrogen (secondary N) is 1. The maximum Gasteiger partial charge on any atom is 0.227 e. The summed E-state index contributed by atoms with van der Waals surface area (Å²) < 4.78 is 11.0.